The molecule has 5 heteroatoms. The number of benzene rings is 1. The van der Waals surface area contributed by atoms with Crippen molar-refractivity contribution in [1.82, 2.24) is 5.32 Å². The highest BCUT2D eigenvalue weighted by Crippen LogP contribution is 2.24. The van der Waals surface area contributed by atoms with Crippen LogP contribution in [-0.2, 0) is 6.54 Å². The summed E-state index contributed by atoms with van der Waals surface area (Å²) in [5.41, 5.74) is 2.45. The predicted octanol–water partition coefficient (Wildman–Crippen LogP) is 3.58. The van der Waals surface area contributed by atoms with Crippen molar-refractivity contribution in [2.75, 3.05) is 13.7 Å². The molecule has 0 heterocycles. The monoisotopic (exact) mass is 290 g/mol. The average molecular weight is 290 g/mol. The van der Waals surface area contributed by atoms with Crippen LogP contribution in [0.2, 0.25) is 0 Å². The second-order valence-corrected chi connectivity index (χ2v) is 5.29. The number of allylic oxidation sites excluding steroid dienone is 1. The first-order chi connectivity index (χ1) is 10.2. The number of rotatable bonds is 7. The summed E-state index contributed by atoms with van der Waals surface area (Å²) in [6.07, 6.45) is 8.42. The number of nitro benzene ring substituents is 1. The van der Waals surface area contributed by atoms with Crippen molar-refractivity contribution >= 4 is 5.69 Å². The van der Waals surface area contributed by atoms with Gasteiger partial charge in [0.2, 0.25) is 0 Å². The molecular formula is C16H22N2O3. The topological polar surface area (TPSA) is 64.4 Å². The summed E-state index contributed by atoms with van der Waals surface area (Å²) in [7, 11) is 1.58. The lowest BCUT2D eigenvalue weighted by atomic mass is 9.97. The number of ether oxygens (including phenoxy) is 1. The summed E-state index contributed by atoms with van der Waals surface area (Å²) < 4.78 is 5.25. The number of hydrogen-bond acceptors (Lipinski definition) is 4. The molecule has 0 atom stereocenters. The molecule has 0 saturated carbocycles. The summed E-state index contributed by atoms with van der Waals surface area (Å²) in [6.45, 7) is 1.47. The molecule has 1 N–H and O–H groups in total. The summed E-state index contributed by atoms with van der Waals surface area (Å²) in [5.74, 6) is 0.685. The fourth-order valence-corrected chi connectivity index (χ4v) is 2.62. The van der Waals surface area contributed by atoms with Crippen LogP contribution in [0.15, 0.2) is 29.8 Å². The quantitative estimate of drug-likeness (QED) is 0.361. The van der Waals surface area contributed by atoms with Crippen molar-refractivity contribution in [2.45, 2.75) is 38.6 Å². The Kier molecular flexibility index (Phi) is 5.75. The van der Waals surface area contributed by atoms with Gasteiger partial charge in [0, 0.05) is 24.2 Å². The van der Waals surface area contributed by atoms with Crippen molar-refractivity contribution in [1.29, 1.82) is 0 Å². The van der Waals surface area contributed by atoms with Gasteiger partial charge in [0.15, 0.2) is 0 Å². The zero-order valence-electron chi connectivity index (χ0n) is 12.4. The van der Waals surface area contributed by atoms with Crippen LogP contribution in [0.5, 0.6) is 5.75 Å². The summed E-state index contributed by atoms with van der Waals surface area (Å²) in [4.78, 5) is 10.4. The Morgan fingerprint density at radius 1 is 1.38 bits per heavy atom. The van der Waals surface area contributed by atoms with E-state index in [0.717, 1.165) is 18.5 Å². The van der Waals surface area contributed by atoms with Gasteiger partial charge >= 0.3 is 0 Å². The zero-order chi connectivity index (χ0) is 15.1. The zero-order valence-corrected chi connectivity index (χ0v) is 12.4. The fraction of sp³-hybridized carbons (Fsp3) is 0.500. The molecule has 0 radical (unpaired) electrons. The molecule has 0 aromatic heterocycles. The highest BCUT2D eigenvalue weighted by atomic mass is 16.6. The number of nitrogens with zero attached hydrogens (tertiary/aromatic N) is 1. The Morgan fingerprint density at radius 2 is 2.24 bits per heavy atom. The summed E-state index contributed by atoms with van der Waals surface area (Å²) in [6, 6.07) is 4.69. The van der Waals surface area contributed by atoms with Gasteiger partial charge in [0.25, 0.3) is 5.69 Å². The molecular weight excluding hydrogens is 268 g/mol. The number of nitro groups is 1. The van der Waals surface area contributed by atoms with E-state index in [1.54, 1.807) is 19.2 Å². The van der Waals surface area contributed by atoms with E-state index in [1.807, 2.05) is 0 Å². The molecule has 0 aliphatic heterocycles. The molecule has 21 heavy (non-hydrogen) atoms. The molecule has 5 nitrogen and oxygen atoms in total. The molecule has 2 rings (SSSR count). The highest BCUT2D eigenvalue weighted by Gasteiger charge is 2.11. The van der Waals surface area contributed by atoms with Crippen LogP contribution in [0, 0.1) is 10.1 Å². The van der Waals surface area contributed by atoms with Gasteiger partial charge in [-0.25, -0.2) is 0 Å². The molecule has 1 aliphatic rings. The maximum Gasteiger partial charge on any atom is 0.270 e. The molecule has 114 valence electrons. The first-order valence-electron chi connectivity index (χ1n) is 7.40. The lowest BCUT2D eigenvalue weighted by Crippen LogP contribution is -2.16. The van der Waals surface area contributed by atoms with Crippen molar-refractivity contribution in [3.05, 3.63) is 45.5 Å². The minimum absolute atomic E-state index is 0.0996. The molecule has 0 fully saturated rings. The normalized spacial score (nSPS) is 14.6. The van der Waals surface area contributed by atoms with Crippen molar-refractivity contribution < 1.29 is 9.66 Å². The van der Waals surface area contributed by atoms with Gasteiger partial charge < -0.3 is 10.1 Å². The first-order valence-corrected chi connectivity index (χ1v) is 7.40. The maximum absolute atomic E-state index is 10.8. The molecule has 1 aromatic rings. The van der Waals surface area contributed by atoms with Gasteiger partial charge in [-0.3, -0.25) is 10.1 Å². The third-order valence-corrected chi connectivity index (χ3v) is 3.80. The largest absolute Gasteiger partial charge is 0.496 e. The number of nitrogens with one attached hydrogen (secondary N) is 1. The van der Waals surface area contributed by atoms with Crippen LogP contribution < -0.4 is 10.1 Å². The molecule has 1 aromatic carbocycles. The summed E-state index contributed by atoms with van der Waals surface area (Å²) >= 11 is 0. The highest BCUT2D eigenvalue weighted by molar-refractivity contribution is 5.43. The SMILES string of the molecule is COc1ccc([N+](=O)[O-])cc1CNCCC1=CCCCC1. The Bertz CT molecular complexity index is 526. The second kappa shape index (κ2) is 7.78. The summed E-state index contributed by atoms with van der Waals surface area (Å²) in [5, 5.41) is 14.2. The van der Waals surface area contributed by atoms with E-state index in [1.165, 1.54) is 37.3 Å². The van der Waals surface area contributed by atoms with E-state index in [-0.39, 0.29) is 10.6 Å². The van der Waals surface area contributed by atoms with Crippen LogP contribution >= 0.6 is 0 Å². The van der Waals surface area contributed by atoms with Gasteiger partial charge in [-0.05, 0) is 44.7 Å². The van der Waals surface area contributed by atoms with Crippen molar-refractivity contribution in [3.8, 4) is 5.75 Å². The lowest BCUT2D eigenvalue weighted by Gasteiger charge is -2.13. The third-order valence-electron chi connectivity index (χ3n) is 3.80. The minimum atomic E-state index is -0.379. The van der Waals surface area contributed by atoms with Crippen molar-refractivity contribution in [2.24, 2.45) is 0 Å². The molecule has 1 aliphatic carbocycles. The van der Waals surface area contributed by atoms with E-state index in [9.17, 15) is 10.1 Å². The molecule has 0 amide bonds. The fourth-order valence-electron chi connectivity index (χ4n) is 2.62. The van der Waals surface area contributed by atoms with Crippen molar-refractivity contribution in [3.63, 3.8) is 0 Å². The molecule has 0 unspecified atom stereocenters. The van der Waals surface area contributed by atoms with Crippen LogP contribution in [0.25, 0.3) is 0 Å². The Balaban J connectivity index is 1.88. The lowest BCUT2D eigenvalue weighted by molar-refractivity contribution is -0.384. The van der Waals surface area contributed by atoms with E-state index in [0.29, 0.717) is 12.3 Å². The number of methoxy groups -OCH3 is 1. The third kappa shape index (κ3) is 4.56. The van der Waals surface area contributed by atoms with Gasteiger partial charge in [-0.15, -0.1) is 0 Å². The van der Waals surface area contributed by atoms with Crippen LogP contribution in [0.4, 0.5) is 5.69 Å². The van der Waals surface area contributed by atoms with Gasteiger partial charge in [0.1, 0.15) is 5.75 Å². The smallest absolute Gasteiger partial charge is 0.270 e. The number of hydrogen-bond donors (Lipinski definition) is 1. The maximum atomic E-state index is 10.8. The van der Waals surface area contributed by atoms with E-state index in [2.05, 4.69) is 11.4 Å². The van der Waals surface area contributed by atoms with Crippen LogP contribution in [0.1, 0.15) is 37.7 Å². The predicted molar refractivity (Wildman–Crippen MR) is 82.5 cm³/mol. The number of non-ortho nitro benzene ring substituents is 1. The van der Waals surface area contributed by atoms with Gasteiger partial charge in [-0.2, -0.15) is 0 Å². The average Bonchev–Trinajstić information content (AvgIpc) is 2.52. The Morgan fingerprint density at radius 3 is 2.90 bits per heavy atom. The molecule has 0 spiro atoms. The van der Waals surface area contributed by atoms with Gasteiger partial charge in [-0.1, -0.05) is 11.6 Å². The molecule has 0 bridgehead atoms. The van der Waals surface area contributed by atoms with E-state index < -0.39 is 0 Å². The molecule has 0 saturated heterocycles. The standard InChI is InChI=1S/C16H22N2O3/c1-21-16-8-7-15(18(19)20)11-14(16)12-17-10-9-13-5-3-2-4-6-13/h5,7-8,11,17H,2-4,6,9-10,12H2,1H3. The van der Waals surface area contributed by atoms with Gasteiger partial charge in [0.05, 0.1) is 12.0 Å². The first kappa shape index (κ1) is 15.5. The van der Waals surface area contributed by atoms with Crippen LogP contribution in [-0.4, -0.2) is 18.6 Å². The minimum Gasteiger partial charge on any atom is -0.496 e. The Hall–Kier alpha value is -1.88. The van der Waals surface area contributed by atoms with E-state index in [4.69, 9.17) is 4.74 Å². The van der Waals surface area contributed by atoms with Crippen LogP contribution in [0.3, 0.4) is 0 Å². The second-order valence-electron chi connectivity index (χ2n) is 5.29. The Labute approximate surface area is 125 Å². The van der Waals surface area contributed by atoms with E-state index >= 15 is 0 Å².